The number of aliphatic hydroxyl groups excluding tert-OH is 1. The average molecular weight is 317 g/mol. The molecule has 1 saturated carbocycles. The molecule has 1 fully saturated rings. The van der Waals surface area contributed by atoms with Crippen LogP contribution < -0.4 is 5.32 Å². The van der Waals surface area contributed by atoms with Gasteiger partial charge in [0.25, 0.3) is 0 Å². The molecule has 4 rings (SSSR count). The van der Waals surface area contributed by atoms with Gasteiger partial charge in [-0.05, 0) is 30.5 Å². The third-order valence-electron chi connectivity index (χ3n) is 4.78. The molecule has 6 heteroatoms. The van der Waals surface area contributed by atoms with Gasteiger partial charge in [0.05, 0.1) is 34.6 Å². The Labute approximate surface area is 133 Å². The summed E-state index contributed by atoms with van der Waals surface area (Å²) in [6.45, 7) is -0.0340. The predicted molar refractivity (Wildman–Crippen MR) is 86.2 cm³/mol. The Morgan fingerprint density at radius 1 is 1.41 bits per heavy atom. The second-order valence-corrected chi connectivity index (χ2v) is 6.33. The molecule has 2 aliphatic rings. The zero-order valence-electron chi connectivity index (χ0n) is 12.3. The Morgan fingerprint density at radius 2 is 2.23 bits per heavy atom. The fourth-order valence-electron chi connectivity index (χ4n) is 3.46. The summed E-state index contributed by atoms with van der Waals surface area (Å²) < 4.78 is 1.69. The zero-order chi connectivity index (χ0) is 15.3. The number of nitrogens with one attached hydrogen (secondary N) is 1. The maximum atomic E-state index is 9.18. The third-order valence-corrected chi connectivity index (χ3v) is 5.08. The van der Waals surface area contributed by atoms with Gasteiger partial charge in [0.15, 0.2) is 0 Å². The lowest BCUT2D eigenvalue weighted by Gasteiger charge is -2.40. The highest BCUT2D eigenvalue weighted by Crippen LogP contribution is 2.53. The fraction of sp³-hybridized carbons (Fsp3) is 0.375. The van der Waals surface area contributed by atoms with E-state index in [9.17, 15) is 5.11 Å². The van der Waals surface area contributed by atoms with Gasteiger partial charge in [0.1, 0.15) is 5.84 Å². The van der Waals surface area contributed by atoms with Crippen molar-refractivity contribution < 1.29 is 5.11 Å². The van der Waals surface area contributed by atoms with E-state index in [-0.39, 0.29) is 12.0 Å². The molecule has 0 bridgehead atoms. The lowest BCUT2D eigenvalue weighted by Crippen LogP contribution is -2.45. The van der Waals surface area contributed by atoms with Crippen molar-refractivity contribution in [2.75, 3.05) is 7.05 Å². The number of fused-ring (bicyclic) bond motifs is 2. The number of rotatable bonds is 2. The normalized spacial score (nSPS) is 18.0. The molecule has 5 nitrogen and oxygen atoms in total. The van der Waals surface area contributed by atoms with Crippen molar-refractivity contribution in [2.45, 2.75) is 31.3 Å². The van der Waals surface area contributed by atoms with Crippen LogP contribution in [0.3, 0.4) is 0 Å². The maximum absolute atomic E-state index is 9.18. The number of aromatic nitrogens is 2. The van der Waals surface area contributed by atoms with Crippen molar-refractivity contribution in [3.05, 3.63) is 40.7 Å². The highest BCUT2D eigenvalue weighted by molar-refractivity contribution is 6.32. The van der Waals surface area contributed by atoms with Gasteiger partial charge in [-0.2, -0.15) is 5.10 Å². The van der Waals surface area contributed by atoms with E-state index in [4.69, 9.17) is 16.6 Å². The molecule has 22 heavy (non-hydrogen) atoms. The molecule has 0 radical (unpaired) electrons. The molecule has 1 aliphatic heterocycles. The van der Waals surface area contributed by atoms with Crippen molar-refractivity contribution in [1.29, 1.82) is 0 Å². The number of hydrogen-bond donors (Lipinski definition) is 2. The number of aliphatic imine (C=N–C) groups is 1. The number of hydrogen-bond acceptors (Lipinski definition) is 4. The average Bonchev–Trinajstić information content (AvgIpc) is 3.06. The summed E-state index contributed by atoms with van der Waals surface area (Å²) in [5.41, 5.74) is 3.75. The summed E-state index contributed by atoms with van der Waals surface area (Å²) in [5, 5.41) is 17.3. The molecular formula is C16H17ClN4O. The van der Waals surface area contributed by atoms with Crippen molar-refractivity contribution in [3.63, 3.8) is 0 Å². The van der Waals surface area contributed by atoms with E-state index >= 15 is 0 Å². The molecule has 1 aliphatic carbocycles. The van der Waals surface area contributed by atoms with Gasteiger partial charge in [-0.1, -0.05) is 18.0 Å². The van der Waals surface area contributed by atoms with Crippen LogP contribution in [0.1, 0.15) is 30.4 Å². The number of amidine groups is 1. The smallest absolute Gasteiger partial charge is 0.113 e. The Bertz CT molecular complexity index is 776. The molecule has 0 unspecified atom stereocenters. The van der Waals surface area contributed by atoms with E-state index in [1.54, 1.807) is 17.1 Å². The Balaban J connectivity index is 1.83. The Kier molecular flexibility index (Phi) is 3.03. The van der Waals surface area contributed by atoms with Crippen LogP contribution in [0, 0.1) is 0 Å². The highest BCUT2D eigenvalue weighted by atomic mass is 35.5. The van der Waals surface area contributed by atoms with Crippen LogP contribution in [0.4, 0.5) is 5.69 Å². The van der Waals surface area contributed by atoms with E-state index in [0.717, 1.165) is 35.6 Å². The summed E-state index contributed by atoms with van der Waals surface area (Å²) >= 11 is 6.50. The van der Waals surface area contributed by atoms with Gasteiger partial charge in [0.2, 0.25) is 0 Å². The number of halogens is 1. The minimum atomic E-state index is -0.0340. The lowest BCUT2D eigenvalue weighted by atomic mass is 9.64. The van der Waals surface area contributed by atoms with Crippen LogP contribution in [0.15, 0.2) is 29.5 Å². The zero-order valence-corrected chi connectivity index (χ0v) is 13.1. The molecule has 1 aromatic carbocycles. The summed E-state index contributed by atoms with van der Waals surface area (Å²) in [7, 11) is 1.92. The van der Waals surface area contributed by atoms with Crippen LogP contribution in [0.2, 0.25) is 5.02 Å². The SMILES string of the molecule is CNC1=Nc2cc(-n3cc(CO)cn3)c(Cl)cc2C12CCC2. The largest absolute Gasteiger partial charge is 0.392 e. The number of likely N-dealkylation sites (N-methyl/N-ethyl adjacent to an activating group) is 1. The predicted octanol–water partition coefficient (Wildman–Crippen LogP) is 2.70. The Hall–Kier alpha value is -1.85. The van der Waals surface area contributed by atoms with Gasteiger partial charge >= 0.3 is 0 Å². The minimum Gasteiger partial charge on any atom is -0.392 e. The summed E-state index contributed by atoms with van der Waals surface area (Å²) in [6, 6.07) is 4.01. The molecule has 1 spiro atoms. The minimum absolute atomic E-state index is 0.0340. The molecule has 1 aromatic heterocycles. The molecule has 2 heterocycles. The Morgan fingerprint density at radius 3 is 2.82 bits per heavy atom. The highest BCUT2D eigenvalue weighted by Gasteiger charge is 2.48. The molecule has 2 N–H and O–H groups in total. The summed E-state index contributed by atoms with van der Waals surface area (Å²) in [4.78, 5) is 4.76. The maximum Gasteiger partial charge on any atom is 0.113 e. The number of benzene rings is 1. The van der Waals surface area contributed by atoms with Crippen LogP contribution in [0.5, 0.6) is 0 Å². The van der Waals surface area contributed by atoms with Crippen molar-refractivity contribution in [1.82, 2.24) is 15.1 Å². The standard InChI is InChI=1S/C16H17ClN4O/c1-18-15-16(3-2-4-16)11-5-12(17)14(6-13(11)20-15)21-8-10(9-22)7-19-21/h5-8,22H,2-4,9H2,1H3,(H,18,20). The third kappa shape index (κ3) is 1.76. The first-order chi connectivity index (χ1) is 10.7. The van der Waals surface area contributed by atoms with Crippen molar-refractivity contribution in [3.8, 4) is 5.69 Å². The van der Waals surface area contributed by atoms with Gasteiger partial charge in [-0.25, -0.2) is 9.67 Å². The van der Waals surface area contributed by atoms with E-state index in [2.05, 4.69) is 10.4 Å². The molecule has 0 saturated heterocycles. The fourth-order valence-corrected chi connectivity index (χ4v) is 3.71. The summed E-state index contributed by atoms with van der Waals surface area (Å²) in [5.74, 6) is 1.04. The van der Waals surface area contributed by atoms with Crippen LogP contribution in [-0.4, -0.2) is 27.8 Å². The van der Waals surface area contributed by atoms with Crippen molar-refractivity contribution in [2.24, 2.45) is 4.99 Å². The van der Waals surface area contributed by atoms with Crippen LogP contribution >= 0.6 is 11.6 Å². The first kappa shape index (κ1) is 13.8. The molecule has 114 valence electrons. The first-order valence-electron chi connectivity index (χ1n) is 7.44. The lowest BCUT2D eigenvalue weighted by molar-refractivity contribution is 0.282. The first-order valence-corrected chi connectivity index (χ1v) is 7.81. The molecule has 0 amide bonds. The second-order valence-electron chi connectivity index (χ2n) is 5.92. The van der Waals surface area contributed by atoms with E-state index in [0.29, 0.717) is 5.02 Å². The van der Waals surface area contributed by atoms with Gasteiger partial charge < -0.3 is 10.4 Å². The van der Waals surface area contributed by atoms with E-state index in [1.807, 2.05) is 19.2 Å². The molecular weight excluding hydrogens is 300 g/mol. The van der Waals surface area contributed by atoms with E-state index < -0.39 is 0 Å². The molecule has 2 aromatic rings. The number of nitrogens with zero attached hydrogens (tertiary/aromatic N) is 3. The quantitative estimate of drug-likeness (QED) is 0.895. The van der Waals surface area contributed by atoms with Gasteiger partial charge in [0, 0.05) is 18.8 Å². The van der Waals surface area contributed by atoms with Crippen molar-refractivity contribution >= 4 is 23.1 Å². The van der Waals surface area contributed by atoms with Crippen LogP contribution in [0.25, 0.3) is 5.69 Å². The summed E-state index contributed by atoms with van der Waals surface area (Å²) in [6.07, 6.45) is 6.87. The van der Waals surface area contributed by atoms with Crippen LogP contribution in [-0.2, 0) is 12.0 Å². The molecule has 0 atom stereocenters. The van der Waals surface area contributed by atoms with Gasteiger partial charge in [-0.15, -0.1) is 0 Å². The van der Waals surface area contributed by atoms with E-state index in [1.165, 1.54) is 12.0 Å². The number of aliphatic hydroxyl groups is 1. The second kappa shape index (κ2) is 4.83. The van der Waals surface area contributed by atoms with Gasteiger partial charge in [-0.3, -0.25) is 0 Å². The monoisotopic (exact) mass is 316 g/mol. The topological polar surface area (TPSA) is 62.4 Å².